The van der Waals surface area contributed by atoms with Crippen molar-refractivity contribution < 1.29 is 37.4 Å². The van der Waals surface area contributed by atoms with Crippen LogP contribution in [0.1, 0.15) is 129 Å². The molecule has 0 aliphatic rings. The van der Waals surface area contributed by atoms with Crippen LogP contribution in [0.15, 0.2) is 11.6 Å². The lowest BCUT2D eigenvalue weighted by molar-refractivity contribution is -0.143. The highest BCUT2D eigenvalue weighted by Crippen LogP contribution is 2.21. The largest absolute Gasteiger partial charge is 0.500 e. The lowest BCUT2D eigenvalue weighted by atomic mass is 10.0. The van der Waals surface area contributed by atoms with E-state index < -0.39 is 20.0 Å². The van der Waals surface area contributed by atoms with E-state index in [1.807, 2.05) is 0 Å². The van der Waals surface area contributed by atoms with Crippen LogP contribution >= 0.6 is 11.8 Å². The molecule has 0 bridgehead atoms. The van der Waals surface area contributed by atoms with E-state index in [4.69, 9.17) is 22.8 Å². The summed E-state index contributed by atoms with van der Waals surface area (Å²) in [5.74, 6) is -0.314. The van der Waals surface area contributed by atoms with Gasteiger partial charge in [0.1, 0.15) is 5.25 Å². The van der Waals surface area contributed by atoms with E-state index in [1.54, 1.807) is 28.3 Å². The Morgan fingerprint density at radius 1 is 0.721 bits per heavy atom. The van der Waals surface area contributed by atoms with Crippen LogP contribution < -0.4 is 0 Å². The molecule has 0 saturated carbocycles. The first-order valence-electron chi connectivity index (χ1n) is 16.8. The van der Waals surface area contributed by atoms with Crippen molar-refractivity contribution in [1.29, 1.82) is 0 Å². The molecule has 8 nitrogen and oxygen atoms in total. The van der Waals surface area contributed by atoms with Gasteiger partial charge in [-0.25, -0.2) is 4.79 Å². The first-order valence-corrected chi connectivity index (χ1v) is 19.7. The fourth-order valence-electron chi connectivity index (χ4n) is 4.93. The molecule has 0 aliphatic heterocycles. The Balaban J connectivity index is 4.07. The van der Waals surface area contributed by atoms with Gasteiger partial charge in [-0.3, -0.25) is 4.79 Å². The number of ether oxygens (including phenoxy) is 2. The Labute approximate surface area is 268 Å². The van der Waals surface area contributed by atoms with Crippen molar-refractivity contribution in [2.24, 2.45) is 0 Å². The third-order valence-corrected chi connectivity index (χ3v) is 11.6. The number of thioether (sulfide) groups is 1. The topological polar surface area (TPSA) is 101 Å². The molecule has 1 N–H and O–H groups in total. The number of unbranched alkanes of at least 4 members (excludes halogenated alkanes) is 15. The fourth-order valence-corrected chi connectivity index (χ4v) is 7.60. The minimum atomic E-state index is -2.69. The number of carbonyl (C=O) groups excluding carboxylic acids is 2. The maximum Gasteiger partial charge on any atom is 0.500 e. The summed E-state index contributed by atoms with van der Waals surface area (Å²) in [5, 5.41) is 8.79. The Morgan fingerprint density at radius 2 is 1.19 bits per heavy atom. The molecule has 43 heavy (non-hydrogen) atoms. The molecule has 0 spiro atoms. The molecule has 0 aromatic heterocycles. The van der Waals surface area contributed by atoms with E-state index in [-0.39, 0.29) is 19.2 Å². The predicted molar refractivity (Wildman–Crippen MR) is 179 cm³/mol. The molecular formula is C33H64O8SSi. The SMILES string of the molecule is CCCCCCCCCCCCCCCCCCOC(=O)C(C/C(C)=C\C(=O)OCCC[Si](OC)(OC)OC)SCCO. The van der Waals surface area contributed by atoms with Gasteiger partial charge < -0.3 is 27.9 Å². The number of hydrogen-bond donors (Lipinski definition) is 1. The van der Waals surface area contributed by atoms with Crippen LogP contribution in [0.3, 0.4) is 0 Å². The number of esters is 2. The average molecular weight is 649 g/mol. The van der Waals surface area contributed by atoms with E-state index >= 15 is 0 Å². The van der Waals surface area contributed by atoms with Gasteiger partial charge in [0.05, 0.1) is 19.8 Å². The van der Waals surface area contributed by atoms with Crippen molar-refractivity contribution in [3.8, 4) is 0 Å². The summed E-state index contributed by atoms with van der Waals surface area (Å²) in [7, 11) is 1.97. The van der Waals surface area contributed by atoms with Gasteiger partial charge >= 0.3 is 20.7 Å². The fraction of sp³-hybridized carbons (Fsp3) is 0.879. The predicted octanol–water partition coefficient (Wildman–Crippen LogP) is 8.03. The molecule has 1 unspecified atom stereocenters. The van der Waals surface area contributed by atoms with E-state index in [9.17, 15) is 14.7 Å². The molecule has 0 heterocycles. The molecule has 0 aliphatic carbocycles. The van der Waals surface area contributed by atoms with E-state index in [0.717, 1.165) is 18.4 Å². The zero-order valence-corrected chi connectivity index (χ0v) is 29.9. The van der Waals surface area contributed by atoms with E-state index in [1.165, 1.54) is 108 Å². The summed E-state index contributed by atoms with van der Waals surface area (Å²) in [6.45, 7) is 4.68. The smallest absolute Gasteiger partial charge is 0.465 e. The van der Waals surface area contributed by atoms with Gasteiger partial charge in [0.15, 0.2) is 0 Å². The van der Waals surface area contributed by atoms with Crippen LogP contribution in [0.4, 0.5) is 0 Å². The highest BCUT2D eigenvalue weighted by molar-refractivity contribution is 8.00. The quantitative estimate of drug-likeness (QED) is 0.0346. The van der Waals surface area contributed by atoms with Crippen molar-refractivity contribution in [1.82, 2.24) is 0 Å². The first-order chi connectivity index (χ1) is 20.9. The van der Waals surface area contributed by atoms with Gasteiger partial charge in [0.25, 0.3) is 0 Å². The molecule has 0 aromatic carbocycles. The maximum atomic E-state index is 12.7. The molecule has 254 valence electrons. The van der Waals surface area contributed by atoms with Gasteiger partial charge in [-0.2, -0.15) is 0 Å². The third-order valence-electron chi connectivity index (χ3n) is 7.59. The minimum Gasteiger partial charge on any atom is -0.465 e. The monoisotopic (exact) mass is 648 g/mol. The molecule has 0 saturated heterocycles. The molecule has 0 amide bonds. The lowest BCUT2D eigenvalue weighted by Crippen LogP contribution is -2.42. The molecule has 0 aromatic rings. The highest BCUT2D eigenvalue weighted by Gasteiger charge is 2.37. The summed E-state index contributed by atoms with van der Waals surface area (Å²) < 4.78 is 27.0. The highest BCUT2D eigenvalue weighted by atomic mass is 32.2. The normalized spacial score (nSPS) is 12.8. The molecule has 0 radical (unpaired) electrons. The Bertz CT molecular complexity index is 694. The van der Waals surface area contributed by atoms with Crippen LogP contribution in [0.2, 0.25) is 6.04 Å². The zero-order valence-electron chi connectivity index (χ0n) is 28.1. The third kappa shape index (κ3) is 24.1. The standard InChI is InChI=1S/C33H64O8SSi/c1-6-7-8-9-10-11-12-13-14-15-16-17-18-19-20-21-24-41-33(36)31(42-26-23-34)28-30(2)29-32(35)40-25-22-27-43(37-3,38-4)39-5/h29,31,34H,6-28H2,1-5H3/b30-29-. The number of hydrogen-bond acceptors (Lipinski definition) is 9. The molecular weight excluding hydrogens is 585 g/mol. The van der Waals surface area contributed by atoms with Gasteiger partial charge in [0, 0.05) is 39.2 Å². The second-order valence-electron chi connectivity index (χ2n) is 11.3. The Kier molecular flexibility index (Phi) is 29.1. The minimum absolute atomic E-state index is 0.0202. The number of aliphatic hydroxyl groups excluding tert-OH is 1. The van der Waals surface area contributed by atoms with Gasteiger partial charge in [-0.05, 0) is 26.2 Å². The van der Waals surface area contributed by atoms with Crippen molar-refractivity contribution in [2.75, 3.05) is 46.9 Å². The molecule has 1 atom stereocenters. The van der Waals surface area contributed by atoms with Crippen LogP contribution in [-0.2, 0) is 32.3 Å². The van der Waals surface area contributed by atoms with Crippen molar-refractivity contribution >= 4 is 32.5 Å². The van der Waals surface area contributed by atoms with Crippen LogP contribution in [0.5, 0.6) is 0 Å². The zero-order chi connectivity index (χ0) is 32.0. The van der Waals surface area contributed by atoms with Crippen LogP contribution in [-0.4, -0.2) is 78.0 Å². The number of rotatable bonds is 31. The average Bonchev–Trinajstić information content (AvgIpc) is 3.01. The van der Waals surface area contributed by atoms with Crippen LogP contribution in [0.25, 0.3) is 0 Å². The summed E-state index contributed by atoms with van der Waals surface area (Å²) in [4.78, 5) is 25.0. The van der Waals surface area contributed by atoms with Crippen LogP contribution in [0, 0.1) is 0 Å². The van der Waals surface area contributed by atoms with Gasteiger partial charge in [-0.15, -0.1) is 11.8 Å². The molecule has 0 rings (SSSR count). The van der Waals surface area contributed by atoms with Gasteiger partial charge in [0.2, 0.25) is 0 Å². The van der Waals surface area contributed by atoms with E-state index in [2.05, 4.69) is 6.92 Å². The summed E-state index contributed by atoms with van der Waals surface area (Å²) in [6, 6.07) is 0.539. The second kappa shape index (κ2) is 29.8. The summed E-state index contributed by atoms with van der Waals surface area (Å²) in [5.41, 5.74) is 0.731. The van der Waals surface area contributed by atoms with Crippen molar-refractivity contribution in [2.45, 2.75) is 141 Å². The number of allylic oxidation sites excluding steroid dienone is 1. The maximum absolute atomic E-state index is 12.7. The molecule has 10 heteroatoms. The summed E-state index contributed by atoms with van der Waals surface area (Å²) >= 11 is 1.35. The van der Waals surface area contributed by atoms with Gasteiger partial charge in [-0.1, -0.05) is 109 Å². The second-order valence-corrected chi connectivity index (χ2v) is 15.7. The first kappa shape index (κ1) is 42.1. The van der Waals surface area contributed by atoms with E-state index in [0.29, 0.717) is 31.2 Å². The summed E-state index contributed by atoms with van der Waals surface area (Å²) in [6.07, 6.45) is 23.2. The molecule has 0 fully saturated rings. The Hall–Kier alpha value is -0.913. The number of carbonyl (C=O) groups is 2. The number of aliphatic hydroxyl groups is 1. The van der Waals surface area contributed by atoms with Crippen molar-refractivity contribution in [3.63, 3.8) is 0 Å². The van der Waals surface area contributed by atoms with Crippen molar-refractivity contribution in [3.05, 3.63) is 11.6 Å². The Morgan fingerprint density at radius 3 is 1.65 bits per heavy atom. The lowest BCUT2D eigenvalue weighted by Gasteiger charge is -2.24.